The Balaban J connectivity index is 2.50. The van der Waals surface area contributed by atoms with Gasteiger partial charge in [-0.3, -0.25) is 0 Å². The Bertz CT molecular complexity index is 240. The van der Waals surface area contributed by atoms with E-state index >= 15 is 0 Å². The minimum absolute atomic E-state index is 0.229. The molecule has 0 bridgehead atoms. The molecule has 0 saturated heterocycles. The fourth-order valence-electron chi connectivity index (χ4n) is 0.914. The van der Waals surface area contributed by atoms with Crippen molar-refractivity contribution in [3.8, 4) is 0 Å². The van der Waals surface area contributed by atoms with Crippen LogP contribution in [-0.4, -0.2) is 10.8 Å². The highest BCUT2D eigenvalue weighted by atomic mass is 79.9. The van der Waals surface area contributed by atoms with E-state index in [0.29, 0.717) is 11.8 Å². The van der Waals surface area contributed by atoms with Crippen molar-refractivity contribution >= 4 is 33.2 Å². The normalized spacial score (nSPS) is 15.0. The fraction of sp³-hybridized carbons (Fsp3) is 0.400. The molecule has 1 aromatic rings. The summed E-state index contributed by atoms with van der Waals surface area (Å²) in [5.74, 6) is 1.05. The molecule has 0 fully saturated rings. The van der Waals surface area contributed by atoms with Gasteiger partial charge in [0, 0.05) is 11.6 Å². The monoisotopic (exact) mass is 261 g/mol. The second-order valence-corrected chi connectivity index (χ2v) is 4.34. The van der Waals surface area contributed by atoms with Crippen LogP contribution in [0.4, 0.5) is 5.69 Å². The highest BCUT2D eigenvalue weighted by molar-refractivity contribution is 9.09. The second-order valence-electron chi connectivity index (χ2n) is 3.04. The van der Waals surface area contributed by atoms with Gasteiger partial charge in [-0.05, 0) is 18.1 Å². The molecule has 2 atom stereocenters. The van der Waals surface area contributed by atoms with E-state index in [9.17, 15) is 0 Å². The Morgan fingerprint density at radius 3 is 2.54 bits per heavy atom. The van der Waals surface area contributed by atoms with Gasteiger partial charge in [0.1, 0.15) is 0 Å². The Labute approximate surface area is 92.6 Å². The number of rotatable bonds is 4. The summed E-state index contributed by atoms with van der Waals surface area (Å²) in [5, 5.41) is 3.32. The van der Waals surface area contributed by atoms with E-state index in [1.165, 1.54) is 0 Å². The summed E-state index contributed by atoms with van der Waals surface area (Å²) in [4.78, 5) is 0.229. The van der Waals surface area contributed by atoms with E-state index in [0.717, 1.165) is 5.69 Å². The summed E-state index contributed by atoms with van der Waals surface area (Å²) in [6, 6.07) is 10.1. The molecule has 0 aliphatic heterocycles. The average molecular weight is 263 g/mol. The molecular weight excluding hydrogens is 249 g/mol. The minimum atomic E-state index is 0.229. The highest BCUT2D eigenvalue weighted by Crippen LogP contribution is 2.17. The Kier molecular flexibility index (Phi) is 4.60. The molecule has 1 N–H and O–H groups in total. The van der Waals surface area contributed by atoms with E-state index < -0.39 is 0 Å². The molecule has 0 amide bonds. The summed E-state index contributed by atoms with van der Waals surface area (Å²) in [6.07, 6.45) is 0. The lowest BCUT2D eigenvalue weighted by molar-refractivity contribution is 0.667. The van der Waals surface area contributed by atoms with Crippen LogP contribution in [0.2, 0.25) is 0 Å². The number of nitrogens with one attached hydrogen (secondary N) is 1. The zero-order chi connectivity index (χ0) is 9.68. The zero-order valence-electron chi connectivity index (χ0n) is 7.50. The lowest BCUT2D eigenvalue weighted by Gasteiger charge is -2.18. The molecule has 0 heterocycles. The molecule has 0 radical (unpaired) electrons. The van der Waals surface area contributed by atoms with Crippen molar-refractivity contribution in [3.05, 3.63) is 30.3 Å². The average Bonchev–Trinajstić information content (AvgIpc) is 2.18. The number of hydrogen-bond acceptors (Lipinski definition) is 1. The first-order valence-electron chi connectivity index (χ1n) is 4.25. The van der Waals surface area contributed by atoms with E-state index in [1.54, 1.807) is 0 Å². The van der Waals surface area contributed by atoms with Crippen molar-refractivity contribution in [1.82, 2.24) is 0 Å². The van der Waals surface area contributed by atoms with Crippen LogP contribution in [0.5, 0.6) is 0 Å². The van der Waals surface area contributed by atoms with Crippen molar-refractivity contribution in [2.24, 2.45) is 5.92 Å². The topological polar surface area (TPSA) is 12.0 Å². The first-order valence-corrected chi connectivity index (χ1v) is 5.70. The van der Waals surface area contributed by atoms with Gasteiger partial charge in [-0.1, -0.05) is 41.1 Å². The SMILES string of the molecule is CC(CCl)C(Br)Nc1ccccc1. The zero-order valence-corrected chi connectivity index (χ0v) is 9.85. The maximum Gasteiger partial charge on any atom is 0.0855 e. The molecule has 1 rings (SSSR count). The maximum atomic E-state index is 5.74. The van der Waals surface area contributed by atoms with Crippen molar-refractivity contribution < 1.29 is 0 Å². The number of anilines is 1. The lowest BCUT2D eigenvalue weighted by Crippen LogP contribution is -2.21. The number of hydrogen-bond donors (Lipinski definition) is 1. The summed E-state index contributed by atoms with van der Waals surface area (Å²) in [5.41, 5.74) is 1.11. The molecule has 1 nitrogen and oxygen atoms in total. The third kappa shape index (κ3) is 3.57. The first kappa shape index (κ1) is 10.9. The largest absolute Gasteiger partial charge is 0.372 e. The maximum absolute atomic E-state index is 5.74. The van der Waals surface area contributed by atoms with E-state index in [2.05, 4.69) is 28.2 Å². The van der Waals surface area contributed by atoms with Crippen LogP contribution in [0.15, 0.2) is 30.3 Å². The molecule has 0 aliphatic carbocycles. The Morgan fingerprint density at radius 1 is 1.38 bits per heavy atom. The number of alkyl halides is 2. The van der Waals surface area contributed by atoms with E-state index in [1.807, 2.05) is 30.3 Å². The molecule has 0 aromatic heterocycles. The molecule has 0 saturated carbocycles. The van der Waals surface area contributed by atoms with Gasteiger partial charge in [0.05, 0.1) is 4.95 Å². The van der Waals surface area contributed by atoms with Crippen LogP contribution >= 0.6 is 27.5 Å². The molecule has 0 aliphatic rings. The third-order valence-corrected chi connectivity index (χ3v) is 3.44. The van der Waals surface area contributed by atoms with E-state index in [-0.39, 0.29) is 4.95 Å². The molecule has 0 spiro atoms. The minimum Gasteiger partial charge on any atom is -0.372 e. The highest BCUT2D eigenvalue weighted by Gasteiger charge is 2.11. The van der Waals surface area contributed by atoms with Crippen molar-refractivity contribution in [2.75, 3.05) is 11.2 Å². The standard InChI is InChI=1S/C10H13BrClN/c1-8(7-12)10(11)13-9-5-3-2-4-6-9/h2-6,8,10,13H,7H2,1H3. The van der Waals surface area contributed by atoms with Crippen LogP contribution in [0.1, 0.15) is 6.92 Å². The Hall–Kier alpha value is -0.210. The van der Waals surface area contributed by atoms with Gasteiger partial charge in [0.25, 0.3) is 0 Å². The van der Waals surface area contributed by atoms with Crippen molar-refractivity contribution in [2.45, 2.75) is 11.9 Å². The molecule has 2 unspecified atom stereocenters. The first-order chi connectivity index (χ1) is 6.24. The molecule has 13 heavy (non-hydrogen) atoms. The molecule has 1 aromatic carbocycles. The van der Waals surface area contributed by atoms with Gasteiger partial charge in [-0.25, -0.2) is 0 Å². The van der Waals surface area contributed by atoms with Crippen molar-refractivity contribution in [1.29, 1.82) is 0 Å². The van der Waals surface area contributed by atoms with Crippen LogP contribution in [-0.2, 0) is 0 Å². The molecule has 72 valence electrons. The van der Waals surface area contributed by atoms with Gasteiger partial charge in [-0.2, -0.15) is 0 Å². The summed E-state index contributed by atoms with van der Waals surface area (Å²) in [6.45, 7) is 2.10. The quantitative estimate of drug-likeness (QED) is 0.644. The molecular formula is C10H13BrClN. The number of para-hydroxylation sites is 1. The third-order valence-electron chi connectivity index (χ3n) is 1.82. The van der Waals surface area contributed by atoms with Gasteiger partial charge in [0.15, 0.2) is 0 Å². The van der Waals surface area contributed by atoms with Crippen LogP contribution in [0.3, 0.4) is 0 Å². The van der Waals surface area contributed by atoms with Gasteiger partial charge >= 0.3 is 0 Å². The lowest BCUT2D eigenvalue weighted by atomic mass is 10.2. The molecule has 3 heteroatoms. The summed E-state index contributed by atoms with van der Waals surface area (Å²) >= 11 is 9.29. The summed E-state index contributed by atoms with van der Waals surface area (Å²) < 4.78 is 0. The van der Waals surface area contributed by atoms with E-state index in [4.69, 9.17) is 11.6 Å². The van der Waals surface area contributed by atoms with Gasteiger partial charge in [0.2, 0.25) is 0 Å². The van der Waals surface area contributed by atoms with Crippen LogP contribution in [0, 0.1) is 5.92 Å². The predicted octanol–water partition coefficient (Wildman–Crippen LogP) is 3.69. The van der Waals surface area contributed by atoms with Gasteiger partial charge < -0.3 is 5.32 Å². The van der Waals surface area contributed by atoms with Crippen LogP contribution < -0.4 is 5.32 Å². The smallest absolute Gasteiger partial charge is 0.0855 e. The Morgan fingerprint density at radius 2 is 2.00 bits per heavy atom. The van der Waals surface area contributed by atoms with Gasteiger partial charge in [-0.15, -0.1) is 11.6 Å². The number of benzene rings is 1. The van der Waals surface area contributed by atoms with Crippen molar-refractivity contribution in [3.63, 3.8) is 0 Å². The van der Waals surface area contributed by atoms with Crippen LogP contribution in [0.25, 0.3) is 0 Å². The number of halogens is 2. The summed E-state index contributed by atoms with van der Waals surface area (Å²) in [7, 11) is 0. The predicted molar refractivity (Wildman–Crippen MR) is 62.7 cm³/mol. The fourth-order valence-corrected chi connectivity index (χ4v) is 1.76. The second kappa shape index (κ2) is 5.51.